The molecule has 0 saturated carbocycles. The molecule has 0 radical (unpaired) electrons. The van der Waals surface area contributed by atoms with E-state index in [2.05, 4.69) is 10.3 Å². The van der Waals surface area contributed by atoms with Crippen molar-refractivity contribution in [3.63, 3.8) is 0 Å². The molecule has 0 aliphatic carbocycles. The summed E-state index contributed by atoms with van der Waals surface area (Å²) in [4.78, 5) is 18.7. The number of rotatable bonds is 5. The molecule has 2 heterocycles. The van der Waals surface area contributed by atoms with Gasteiger partial charge in [-0.1, -0.05) is 11.3 Å². The van der Waals surface area contributed by atoms with Crippen LogP contribution < -0.4 is 16.0 Å². The lowest BCUT2D eigenvalue weighted by Crippen LogP contribution is -2.39. The van der Waals surface area contributed by atoms with Crippen LogP contribution in [0.1, 0.15) is 16.6 Å². The summed E-state index contributed by atoms with van der Waals surface area (Å²) < 4.78 is 10.7. The van der Waals surface area contributed by atoms with Crippen LogP contribution in [-0.4, -0.2) is 57.0 Å². The number of nitrogens with one attached hydrogen (secondary N) is 1. The second kappa shape index (κ2) is 6.87. The molecular weight excluding hydrogens is 280 g/mol. The topological polar surface area (TPSA) is 89.7 Å². The van der Waals surface area contributed by atoms with Gasteiger partial charge in [-0.25, -0.2) is 4.98 Å². The third-order valence-electron chi connectivity index (χ3n) is 3.02. The summed E-state index contributed by atoms with van der Waals surface area (Å²) in [6, 6.07) is 0. The van der Waals surface area contributed by atoms with Gasteiger partial charge in [-0.05, 0) is 6.92 Å². The Morgan fingerprint density at radius 1 is 1.60 bits per heavy atom. The van der Waals surface area contributed by atoms with E-state index >= 15 is 0 Å². The first-order chi connectivity index (χ1) is 9.61. The molecule has 20 heavy (non-hydrogen) atoms. The number of aromatic nitrogens is 1. The number of carbonyl (C=O) groups excluding carboxylic acids is 1. The Morgan fingerprint density at radius 2 is 2.40 bits per heavy atom. The minimum Gasteiger partial charge on any atom is -0.382 e. The van der Waals surface area contributed by atoms with Crippen molar-refractivity contribution in [2.24, 2.45) is 0 Å². The fourth-order valence-corrected chi connectivity index (χ4v) is 2.65. The summed E-state index contributed by atoms with van der Waals surface area (Å²) in [6.45, 7) is 4.91. The SMILES string of the molecule is CCN(C)c1nc(N)c(C(=O)NCC2COCCO2)s1. The molecule has 1 aliphatic rings. The van der Waals surface area contributed by atoms with Crippen molar-refractivity contribution < 1.29 is 14.3 Å². The number of hydrogen-bond acceptors (Lipinski definition) is 7. The fraction of sp³-hybridized carbons (Fsp3) is 0.667. The van der Waals surface area contributed by atoms with Crippen LogP contribution >= 0.6 is 11.3 Å². The van der Waals surface area contributed by atoms with Crippen LogP contribution in [0.15, 0.2) is 0 Å². The molecule has 1 amide bonds. The van der Waals surface area contributed by atoms with E-state index in [0.717, 1.165) is 11.7 Å². The zero-order valence-electron chi connectivity index (χ0n) is 11.7. The molecule has 0 aromatic carbocycles. The van der Waals surface area contributed by atoms with E-state index in [1.165, 1.54) is 11.3 Å². The molecule has 1 fully saturated rings. The Morgan fingerprint density at radius 3 is 3.05 bits per heavy atom. The van der Waals surface area contributed by atoms with E-state index in [0.29, 0.717) is 31.2 Å². The Bertz CT molecular complexity index is 460. The van der Waals surface area contributed by atoms with Gasteiger partial charge in [-0.15, -0.1) is 0 Å². The molecule has 3 N–H and O–H groups in total. The van der Waals surface area contributed by atoms with Crippen LogP contribution in [-0.2, 0) is 9.47 Å². The number of amides is 1. The highest BCUT2D eigenvalue weighted by Gasteiger charge is 2.20. The van der Waals surface area contributed by atoms with Gasteiger partial charge in [0, 0.05) is 20.1 Å². The molecule has 8 heteroatoms. The lowest BCUT2D eigenvalue weighted by Gasteiger charge is -2.22. The first-order valence-corrected chi connectivity index (χ1v) is 7.38. The minimum absolute atomic E-state index is 0.0976. The maximum absolute atomic E-state index is 12.1. The smallest absolute Gasteiger partial charge is 0.265 e. The molecule has 2 rings (SSSR count). The second-order valence-electron chi connectivity index (χ2n) is 4.50. The summed E-state index contributed by atoms with van der Waals surface area (Å²) in [6.07, 6.45) is -0.0976. The monoisotopic (exact) mass is 300 g/mol. The average Bonchev–Trinajstić information content (AvgIpc) is 2.87. The number of anilines is 2. The van der Waals surface area contributed by atoms with Gasteiger partial charge < -0.3 is 25.4 Å². The van der Waals surface area contributed by atoms with Crippen molar-refractivity contribution in [1.29, 1.82) is 0 Å². The third-order valence-corrected chi connectivity index (χ3v) is 4.21. The van der Waals surface area contributed by atoms with Crippen LogP contribution in [0.3, 0.4) is 0 Å². The number of ether oxygens (including phenoxy) is 2. The van der Waals surface area contributed by atoms with E-state index in [1.807, 2.05) is 18.9 Å². The van der Waals surface area contributed by atoms with Crippen LogP contribution in [0.2, 0.25) is 0 Å². The van der Waals surface area contributed by atoms with Gasteiger partial charge in [0.15, 0.2) is 5.13 Å². The number of nitrogens with zero attached hydrogens (tertiary/aromatic N) is 2. The van der Waals surface area contributed by atoms with E-state index in [9.17, 15) is 4.79 Å². The Balaban J connectivity index is 1.93. The van der Waals surface area contributed by atoms with E-state index in [4.69, 9.17) is 15.2 Å². The Kier molecular flexibility index (Phi) is 5.16. The highest BCUT2D eigenvalue weighted by Crippen LogP contribution is 2.27. The maximum Gasteiger partial charge on any atom is 0.265 e. The molecule has 1 aromatic rings. The van der Waals surface area contributed by atoms with E-state index < -0.39 is 0 Å². The molecule has 1 aromatic heterocycles. The number of hydrogen-bond donors (Lipinski definition) is 2. The second-order valence-corrected chi connectivity index (χ2v) is 5.48. The van der Waals surface area contributed by atoms with Gasteiger partial charge in [0.05, 0.1) is 25.9 Å². The number of nitrogen functional groups attached to an aromatic ring is 1. The third kappa shape index (κ3) is 3.59. The zero-order chi connectivity index (χ0) is 14.5. The molecular formula is C12H20N4O3S. The summed E-state index contributed by atoms with van der Waals surface area (Å²) >= 11 is 1.29. The first-order valence-electron chi connectivity index (χ1n) is 6.56. The summed E-state index contributed by atoms with van der Waals surface area (Å²) in [5.74, 6) is 0.0496. The highest BCUT2D eigenvalue weighted by molar-refractivity contribution is 7.18. The summed E-state index contributed by atoms with van der Waals surface area (Å²) in [5.41, 5.74) is 5.80. The van der Waals surface area contributed by atoms with Crippen molar-refractivity contribution in [3.05, 3.63) is 4.88 Å². The molecule has 1 atom stereocenters. The predicted molar refractivity (Wildman–Crippen MR) is 78.4 cm³/mol. The lowest BCUT2D eigenvalue weighted by molar-refractivity contribution is -0.0855. The largest absolute Gasteiger partial charge is 0.382 e. The van der Waals surface area contributed by atoms with Gasteiger partial charge in [0.25, 0.3) is 5.91 Å². The molecule has 7 nitrogen and oxygen atoms in total. The van der Waals surface area contributed by atoms with Crippen molar-refractivity contribution in [2.45, 2.75) is 13.0 Å². The van der Waals surface area contributed by atoms with Crippen LogP contribution in [0.4, 0.5) is 10.9 Å². The van der Waals surface area contributed by atoms with E-state index in [1.54, 1.807) is 0 Å². The number of nitrogens with two attached hydrogens (primary N) is 1. The van der Waals surface area contributed by atoms with Crippen LogP contribution in [0.25, 0.3) is 0 Å². The molecule has 1 unspecified atom stereocenters. The fourth-order valence-electron chi connectivity index (χ4n) is 1.72. The normalized spacial score (nSPS) is 18.8. The highest BCUT2D eigenvalue weighted by atomic mass is 32.1. The van der Waals surface area contributed by atoms with Gasteiger partial charge in [-0.2, -0.15) is 0 Å². The standard InChI is InChI=1S/C12H20N4O3S/c1-3-16(2)12-15-10(13)9(20-12)11(17)14-6-8-7-18-4-5-19-8/h8H,3-7,13H2,1-2H3,(H,14,17). The van der Waals surface area contributed by atoms with Crippen molar-refractivity contribution >= 4 is 28.2 Å². The summed E-state index contributed by atoms with van der Waals surface area (Å²) in [7, 11) is 1.91. The predicted octanol–water partition coefficient (Wildman–Crippen LogP) is 0.327. The Hall–Kier alpha value is -1.38. The number of thiazole rings is 1. The Labute approximate surface area is 122 Å². The van der Waals surface area contributed by atoms with Crippen molar-refractivity contribution in [1.82, 2.24) is 10.3 Å². The van der Waals surface area contributed by atoms with Gasteiger partial charge in [0.1, 0.15) is 10.7 Å². The molecule has 1 saturated heterocycles. The van der Waals surface area contributed by atoms with E-state index in [-0.39, 0.29) is 17.8 Å². The molecule has 1 aliphatic heterocycles. The zero-order valence-corrected chi connectivity index (χ0v) is 12.5. The van der Waals surface area contributed by atoms with Crippen LogP contribution in [0.5, 0.6) is 0 Å². The summed E-state index contributed by atoms with van der Waals surface area (Å²) in [5, 5.41) is 3.55. The van der Waals surface area contributed by atoms with Crippen molar-refractivity contribution in [2.75, 3.05) is 50.6 Å². The van der Waals surface area contributed by atoms with Gasteiger partial charge in [-0.3, -0.25) is 4.79 Å². The molecule has 112 valence electrons. The molecule has 0 bridgehead atoms. The lowest BCUT2D eigenvalue weighted by atomic mass is 10.3. The average molecular weight is 300 g/mol. The first kappa shape index (κ1) is 15.0. The minimum atomic E-state index is -0.218. The molecule has 0 spiro atoms. The quantitative estimate of drug-likeness (QED) is 0.814. The van der Waals surface area contributed by atoms with Gasteiger partial charge >= 0.3 is 0 Å². The van der Waals surface area contributed by atoms with Crippen molar-refractivity contribution in [3.8, 4) is 0 Å². The van der Waals surface area contributed by atoms with Crippen LogP contribution in [0, 0.1) is 0 Å². The maximum atomic E-state index is 12.1. The van der Waals surface area contributed by atoms with Gasteiger partial charge in [0.2, 0.25) is 0 Å². The number of carbonyl (C=O) groups is 1.